The van der Waals surface area contributed by atoms with E-state index in [1.807, 2.05) is 25.1 Å². The highest BCUT2D eigenvalue weighted by Gasteiger charge is 2.14. The Bertz CT molecular complexity index is 653. The van der Waals surface area contributed by atoms with Gasteiger partial charge < -0.3 is 15.2 Å². The molecule has 2 rings (SSSR count). The third kappa shape index (κ3) is 3.27. The Kier molecular flexibility index (Phi) is 4.36. The molecule has 2 aromatic carbocycles. The Balaban J connectivity index is 2.45. The first kappa shape index (κ1) is 15.2. The lowest BCUT2D eigenvalue weighted by Gasteiger charge is -2.16. The summed E-state index contributed by atoms with van der Waals surface area (Å²) in [4.78, 5) is 0. The molecular formula is C17H20FNO2. The highest BCUT2D eigenvalue weighted by atomic mass is 19.1. The molecule has 0 atom stereocenters. The van der Waals surface area contributed by atoms with Crippen molar-refractivity contribution in [2.45, 2.75) is 26.7 Å². The Morgan fingerprint density at radius 3 is 2.38 bits per heavy atom. The fraction of sp³-hybridized carbons (Fsp3) is 0.294. The molecule has 3 nitrogen and oxygen atoms in total. The first-order valence-electron chi connectivity index (χ1n) is 6.83. The zero-order chi connectivity index (χ0) is 15.6. The molecule has 0 fully saturated rings. The minimum Gasteiger partial charge on any atom is -0.494 e. The number of anilines is 1. The number of rotatable bonds is 4. The van der Waals surface area contributed by atoms with E-state index >= 15 is 0 Å². The van der Waals surface area contributed by atoms with Crippen LogP contribution in [0.15, 0.2) is 30.3 Å². The summed E-state index contributed by atoms with van der Waals surface area (Å²) in [5.74, 6) is 0.915. The van der Waals surface area contributed by atoms with Gasteiger partial charge in [-0.3, -0.25) is 0 Å². The van der Waals surface area contributed by atoms with E-state index in [-0.39, 0.29) is 17.4 Å². The molecule has 0 aliphatic carbocycles. The van der Waals surface area contributed by atoms with Crippen LogP contribution in [0.4, 0.5) is 10.1 Å². The number of methoxy groups -OCH3 is 1. The van der Waals surface area contributed by atoms with Crippen molar-refractivity contribution in [2.75, 3.05) is 12.8 Å². The van der Waals surface area contributed by atoms with Gasteiger partial charge >= 0.3 is 0 Å². The number of nitrogen functional groups attached to an aromatic ring is 1. The maximum atomic E-state index is 14.0. The average Bonchev–Trinajstić information content (AvgIpc) is 2.41. The van der Waals surface area contributed by atoms with Crippen molar-refractivity contribution in [2.24, 2.45) is 0 Å². The molecule has 0 heterocycles. The molecule has 0 radical (unpaired) electrons. The van der Waals surface area contributed by atoms with Crippen molar-refractivity contribution < 1.29 is 13.9 Å². The van der Waals surface area contributed by atoms with E-state index in [9.17, 15) is 4.39 Å². The van der Waals surface area contributed by atoms with Gasteiger partial charge in [0.15, 0.2) is 11.6 Å². The standard InChI is InChI=1S/C17H20FNO2/c1-10(2)12-6-5-11(3)7-15(12)21-16-9-17(20-4)14(19)8-13(16)18/h5-10H,19H2,1-4H3. The molecule has 2 N–H and O–H groups in total. The highest BCUT2D eigenvalue weighted by Crippen LogP contribution is 2.36. The molecule has 0 amide bonds. The minimum atomic E-state index is -0.510. The van der Waals surface area contributed by atoms with Crippen LogP contribution in [0.25, 0.3) is 0 Å². The Morgan fingerprint density at radius 2 is 1.76 bits per heavy atom. The van der Waals surface area contributed by atoms with Gasteiger partial charge in [-0.25, -0.2) is 4.39 Å². The Labute approximate surface area is 124 Å². The van der Waals surface area contributed by atoms with Crippen LogP contribution in [0.1, 0.15) is 30.9 Å². The normalized spacial score (nSPS) is 10.8. The maximum absolute atomic E-state index is 14.0. The van der Waals surface area contributed by atoms with Gasteiger partial charge in [-0.15, -0.1) is 0 Å². The summed E-state index contributed by atoms with van der Waals surface area (Å²) in [7, 11) is 1.49. The third-order valence-corrected chi connectivity index (χ3v) is 3.30. The second-order valence-corrected chi connectivity index (χ2v) is 5.32. The van der Waals surface area contributed by atoms with E-state index in [1.54, 1.807) is 0 Å². The zero-order valence-corrected chi connectivity index (χ0v) is 12.7. The molecule has 2 aromatic rings. The monoisotopic (exact) mass is 289 g/mol. The van der Waals surface area contributed by atoms with Crippen LogP contribution < -0.4 is 15.2 Å². The van der Waals surface area contributed by atoms with E-state index in [2.05, 4.69) is 13.8 Å². The average molecular weight is 289 g/mol. The van der Waals surface area contributed by atoms with E-state index < -0.39 is 5.82 Å². The van der Waals surface area contributed by atoms with Crippen molar-refractivity contribution >= 4 is 5.69 Å². The van der Waals surface area contributed by atoms with Gasteiger partial charge in [0.2, 0.25) is 0 Å². The molecule has 4 heteroatoms. The van der Waals surface area contributed by atoms with E-state index in [4.69, 9.17) is 15.2 Å². The van der Waals surface area contributed by atoms with E-state index in [1.165, 1.54) is 19.2 Å². The fourth-order valence-electron chi connectivity index (χ4n) is 2.13. The quantitative estimate of drug-likeness (QED) is 0.834. The first-order valence-corrected chi connectivity index (χ1v) is 6.83. The molecular weight excluding hydrogens is 269 g/mol. The van der Waals surface area contributed by atoms with E-state index in [0.717, 1.165) is 11.1 Å². The fourth-order valence-corrected chi connectivity index (χ4v) is 2.13. The van der Waals surface area contributed by atoms with E-state index in [0.29, 0.717) is 11.5 Å². The topological polar surface area (TPSA) is 44.5 Å². The number of aryl methyl sites for hydroxylation is 1. The van der Waals surface area contributed by atoms with Gasteiger partial charge in [0.05, 0.1) is 12.8 Å². The predicted octanol–water partition coefficient (Wildman–Crippen LogP) is 4.64. The molecule has 112 valence electrons. The first-order chi connectivity index (χ1) is 9.92. The number of ether oxygens (including phenoxy) is 2. The molecule has 21 heavy (non-hydrogen) atoms. The Hall–Kier alpha value is -2.23. The van der Waals surface area contributed by atoms with Gasteiger partial charge in [0.25, 0.3) is 0 Å². The minimum absolute atomic E-state index is 0.105. The van der Waals surface area contributed by atoms with Crippen molar-refractivity contribution in [3.8, 4) is 17.2 Å². The summed E-state index contributed by atoms with van der Waals surface area (Å²) in [5.41, 5.74) is 8.00. The molecule has 0 aliphatic rings. The highest BCUT2D eigenvalue weighted by molar-refractivity contribution is 5.57. The third-order valence-electron chi connectivity index (χ3n) is 3.30. The maximum Gasteiger partial charge on any atom is 0.168 e. The molecule has 0 saturated heterocycles. The van der Waals surface area contributed by atoms with Crippen molar-refractivity contribution in [3.05, 3.63) is 47.3 Å². The summed E-state index contributed by atoms with van der Waals surface area (Å²) in [5, 5.41) is 0. The smallest absolute Gasteiger partial charge is 0.168 e. The summed E-state index contributed by atoms with van der Waals surface area (Å²) < 4.78 is 24.9. The summed E-state index contributed by atoms with van der Waals surface area (Å²) >= 11 is 0. The SMILES string of the molecule is COc1cc(Oc2cc(C)ccc2C(C)C)c(F)cc1N. The lowest BCUT2D eigenvalue weighted by atomic mass is 10.0. The molecule has 0 spiro atoms. The number of nitrogens with two attached hydrogens (primary N) is 1. The number of benzene rings is 2. The molecule has 0 aromatic heterocycles. The number of hydrogen-bond donors (Lipinski definition) is 1. The van der Waals surface area contributed by atoms with Crippen LogP contribution in [0.5, 0.6) is 17.2 Å². The lowest BCUT2D eigenvalue weighted by molar-refractivity contribution is 0.401. The van der Waals surface area contributed by atoms with Crippen molar-refractivity contribution in [1.82, 2.24) is 0 Å². The van der Waals surface area contributed by atoms with Gasteiger partial charge in [-0.05, 0) is 30.0 Å². The summed E-state index contributed by atoms with van der Waals surface area (Å²) in [6.45, 7) is 6.10. The Morgan fingerprint density at radius 1 is 1.05 bits per heavy atom. The van der Waals surface area contributed by atoms with Crippen LogP contribution in [-0.2, 0) is 0 Å². The molecule has 0 saturated carbocycles. The number of halogens is 1. The second kappa shape index (κ2) is 6.04. The van der Waals surface area contributed by atoms with Crippen LogP contribution in [0, 0.1) is 12.7 Å². The van der Waals surface area contributed by atoms with Gasteiger partial charge in [-0.1, -0.05) is 26.0 Å². The van der Waals surface area contributed by atoms with Crippen molar-refractivity contribution in [3.63, 3.8) is 0 Å². The summed E-state index contributed by atoms with van der Waals surface area (Å²) in [6, 6.07) is 8.59. The largest absolute Gasteiger partial charge is 0.494 e. The molecule has 0 unspecified atom stereocenters. The second-order valence-electron chi connectivity index (χ2n) is 5.32. The number of hydrogen-bond acceptors (Lipinski definition) is 3. The van der Waals surface area contributed by atoms with Crippen LogP contribution in [-0.4, -0.2) is 7.11 Å². The van der Waals surface area contributed by atoms with Crippen LogP contribution in [0.2, 0.25) is 0 Å². The van der Waals surface area contributed by atoms with Gasteiger partial charge in [0, 0.05) is 12.1 Å². The molecule has 0 bridgehead atoms. The van der Waals surface area contributed by atoms with Crippen LogP contribution in [0.3, 0.4) is 0 Å². The summed E-state index contributed by atoms with van der Waals surface area (Å²) in [6.07, 6.45) is 0. The lowest BCUT2D eigenvalue weighted by Crippen LogP contribution is -1.99. The molecule has 0 aliphatic heterocycles. The predicted molar refractivity (Wildman–Crippen MR) is 82.7 cm³/mol. The van der Waals surface area contributed by atoms with Gasteiger partial charge in [-0.2, -0.15) is 0 Å². The van der Waals surface area contributed by atoms with Gasteiger partial charge in [0.1, 0.15) is 11.5 Å². The van der Waals surface area contributed by atoms with Crippen molar-refractivity contribution in [1.29, 1.82) is 0 Å². The zero-order valence-electron chi connectivity index (χ0n) is 12.7. The van der Waals surface area contributed by atoms with Crippen LogP contribution >= 0.6 is 0 Å².